The first-order valence-electron chi connectivity index (χ1n) is 5.32. The van der Waals surface area contributed by atoms with E-state index in [4.69, 9.17) is 4.84 Å². The summed E-state index contributed by atoms with van der Waals surface area (Å²) in [5.74, 6) is 0. The molecule has 1 heterocycles. The van der Waals surface area contributed by atoms with Crippen molar-refractivity contribution in [1.82, 2.24) is 15.4 Å². The minimum Gasteiger partial charge on any atom is -0.276 e. The third-order valence-corrected chi connectivity index (χ3v) is 2.46. The molecule has 2 rings (SSSR count). The molecule has 5 heteroatoms. The largest absolute Gasteiger partial charge is 0.276 e. The molecular weight excluding hydrogens is 216 g/mol. The first-order chi connectivity index (χ1) is 8.31. The molecule has 0 N–H and O–H groups in total. The molecule has 0 aliphatic rings. The number of hydrogen-bond donors (Lipinski definition) is 0. The second-order valence-electron chi connectivity index (χ2n) is 3.61. The third-order valence-electron chi connectivity index (χ3n) is 2.46. The van der Waals surface area contributed by atoms with Gasteiger partial charge in [-0.2, -0.15) is 0 Å². The zero-order valence-corrected chi connectivity index (χ0v) is 9.87. The highest BCUT2D eigenvalue weighted by atomic mass is 16.7. The second-order valence-corrected chi connectivity index (χ2v) is 3.61. The van der Waals surface area contributed by atoms with Crippen LogP contribution in [-0.4, -0.2) is 22.5 Å². The van der Waals surface area contributed by atoms with Gasteiger partial charge in [-0.25, -0.2) is 5.06 Å². The Kier molecular flexibility index (Phi) is 3.62. The Morgan fingerprint density at radius 3 is 2.65 bits per heavy atom. The second kappa shape index (κ2) is 5.36. The first-order valence-corrected chi connectivity index (χ1v) is 5.32. The number of hydroxylamine groups is 1. The molecule has 0 amide bonds. The first kappa shape index (κ1) is 11.5. The maximum absolute atomic E-state index is 5.35. The van der Waals surface area contributed by atoms with Crippen LogP contribution in [0.1, 0.15) is 11.3 Å². The number of benzene rings is 1. The molecule has 2 aromatic rings. The lowest BCUT2D eigenvalue weighted by Crippen LogP contribution is -2.22. The molecule has 0 bridgehead atoms. The quantitative estimate of drug-likeness (QED) is 0.749. The molecule has 0 unspecified atom stereocenters. The van der Waals surface area contributed by atoms with Crippen LogP contribution in [-0.2, 0) is 11.4 Å². The van der Waals surface area contributed by atoms with E-state index in [1.165, 1.54) is 0 Å². The van der Waals surface area contributed by atoms with E-state index < -0.39 is 0 Å². The zero-order valence-electron chi connectivity index (χ0n) is 9.87. The monoisotopic (exact) mass is 230 g/mol. The molecular formula is C12H14N4O. The molecule has 0 saturated carbocycles. The van der Waals surface area contributed by atoms with Gasteiger partial charge in [0, 0.05) is 0 Å². The topological polar surface area (TPSA) is 51.1 Å². The van der Waals surface area contributed by atoms with Crippen molar-refractivity contribution in [3.05, 3.63) is 47.8 Å². The predicted octanol–water partition coefficient (Wildman–Crippen LogP) is 1.75. The lowest BCUT2D eigenvalue weighted by atomic mass is 10.2. The summed E-state index contributed by atoms with van der Waals surface area (Å²) in [7, 11) is 1.63. The van der Waals surface area contributed by atoms with E-state index in [9.17, 15) is 0 Å². The van der Waals surface area contributed by atoms with Crippen molar-refractivity contribution >= 4 is 5.69 Å². The zero-order chi connectivity index (χ0) is 12.1. The molecule has 17 heavy (non-hydrogen) atoms. The molecule has 0 aliphatic carbocycles. The Hall–Kier alpha value is -2.01. The molecule has 0 radical (unpaired) electrons. The fourth-order valence-corrected chi connectivity index (χ4v) is 1.56. The SMILES string of the molecule is CON(Cc1ccccc1)c1cnnnc1C. The fourth-order valence-electron chi connectivity index (χ4n) is 1.56. The van der Waals surface area contributed by atoms with Gasteiger partial charge in [0.25, 0.3) is 0 Å². The summed E-state index contributed by atoms with van der Waals surface area (Å²) in [5.41, 5.74) is 2.77. The summed E-state index contributed by atoms with van der Waals surface area (Å²) in [6.45, 7) is 2.52. The van der Waals surface area contributed by atoms with Crippen molar-refractivity contribution in [1.29, 1.82) is 0 Å². The number of nitrogens with zero attached hydrogens (tertiary/aromatic N) is 4. The van der Waals surface area contributed by atoms with Crippen LogP contribution >= 0.6 is 0 Å². The summed E-state index contributed by atoms with van der Waals surface area (Å²) in [6, 6.07) is 10.1. The van der Waals surface area contributed by atoms with E-state index >= 15 is 0 Å². The average molecular weight is 230 g/mol. The van der Waals surface area contributed by atoms with Gasteiger partial charge in [-0.3, -0.25) is 4.84 Å². The lowest BCUT2D eigenvalue weighted by molar-refractivity contribution is 0.162. The maximum Gasteiger partial charge on any atom is 0.107 e. The molecule has 0 saturated heterocycles. The standard InChI is InChI=1S/C12H14N4O/c1-10-12(8-13-15-14-10)16(17-2)9-11-6-4-3-5-7-11/h3-8H,9H2,1-2H3. The van der Waals surface area contributed by atoms with E-state index in [2.05, 4.69) is 15.4 Å². The maximum atomic E-state index is 5.35. The van der Waals surface area contributed by atoms with Crippen LogP contribution in [0.25, 0.3) is 0 Å². The summed E-state index contributed by atoms with van der Waals surface area (Å²) in [4.78, 5) is 5.35. The highest BCUT2D eigenvalue weighted by Gasteiger charge is 2.10. The third kappa shape index (κ3) is 2.76. The van der Waals surface area contributed by atoms with E-state index in [-0.39, 0.29) is 0 Å². The molecule has 1 aromatic carbocycles. The molecule has 5 nitrogen and oxygen atoms in total. The van der Waals surface area contributed by atoms with Gasteiger partial charge in [-0.1, -0.05) is 30.3 Å². The number of anilines is 1. The Balaban J connectivity index is 2.21. The van der Waals surface area contributed by atoms with Crippen LogP contribution in [0.15, 0.2) is 36.5 Å². The van der Waals surface area contributed by atoms with Crippen LogP contribution in [0.2, 0.25) is 0 Å². The van der Waals surface area contributed by atoms with Crippen molar-refractivity contribution in [3.8, 4) is 0 Å². The fraction of sp³-hybridized carbons (Fsp3) is 0.250. The number of hydrogen-bond acceptors (Lipinski definition) is 5. The van der Waals surface area contributed by atoms with Crippen molar-refractivity contribution < 1.29 is 4.84 Å². The highest BCUT2D eigenvalue weighted by molar-refractivity contribution is 5.45. The van der Waals surface area contributed by atoms with Crippen LogP contribution < -0.4 is 5.06 Å². The normalized spacial score (nSPS) is 10.2. The number of aryl methyl sites for hydroxylation is 1. The van der Waals surface area contributed by atoms with Gasteiger partial charge in [-0.05, 0) is 17.7 Å². The van der Waals surface area contributed by atoms with Gasteiger partial charge in [-0.15, -0.1) is 10.2 Å². The number of rotatable bonds is 4. The summed E-state index contributed by atoms with van der Waals surface area (Å²) < 4.78 is 0. The van der Waals surface area contributed by atoms with Gasteiger partial charge in [0.15, 0.2) is 0 Å². The minimum atomic E-state index is 0.644. The van der Waals surface area contributed by atoms with Crippen LogP contribution in [0.5, 0.6) is 0 Å². The van der Waals surface area contributed by atoms with Crippen molar-refractivity contribution in [3.63, 3.8) is 0 Å². The van der Waals surface area contributed by atoms with Crippen LogP contribution in [0.4, 0.5) is 5.69 Å². The molecule has 0 spiro atoms. The van der Waals surface area contributed by atoms with Gasteiger partial charge in [0.2, 0.25) is 0 Å². The van der Waals surface area contributed by atoms with Crippen molar-refractivity contribution in [2.75, 3.05) is 12.2 Å². The van der Waals surface area contributed by atoms with Gasteiger partial charge in [0.05, 0.1) is 25.5 Å². The van der Waals surface area contributed by atoms with Crippen LogP contribution in [0.3, 0.4) is 0 Å². The average Bonchev–Trinajstić information content (AvgIpc) is 2.38. The van der Waals surface area contributed by atoms with Crippen molar-refractivity contribution in [2.45, 2.75) is 13.5 Å². The Morgan fingerprint density at radius 1 is 1.24 bits per heavy atom. The van der Waals surface area contributed by atoms with E-state index in [0.29, 0.717) is 6.54 Å². The predicted molar refractivity (Wildman–Crippen MR) is 64.2 cm³/mol. The molecule has 0 fully saturated rings. The van der Waals surface area contributed by atoms with Gasteiger partial charge < -0.3 is 0 Å². The van der Waals surface area contributed by atoms with Gasteiger partial charge >= 0.3 is 0 Å². The molecule has 1 aromatic heterocycles. The molecule has 0 atom stereocenters. The highest BCUT2D eigenvalue weighted by Crippen LogP contribution is 2.18. The Bertz CT molecular complexity index is 475. The van der Waals surface area contributed by atoms with E-state index in [1.807, 2.05) is 37.3 Å². The van der Waals surface area contributed by atoms with E-state index in [0.717, 1.165) is 16.9 Å². The van der Waals surface area contributed by atoms with E-state index in [1.54, 1.807) is 18.4 Å². The summed E-state index contributed by atoms with van der Waals surface area (Å²) >= 11 is 0. The number of aromatic nitrogens is 3. The lowest BCUT2D eigenvalue weighted by Gasteiger charge is -2.22. The molecule has 0 aliphatic heterocycles. The minimum absolute atomic E-state index is 0.644. The van der Waals surface area contributed by atoms with Crippen LogP contribution in [0, 0.1) is 6.92 Å². The summed E-state index contributed by atoms with van der Waals surface area (Å²) in [5, 5.41) is 13.0. The Labute approximate surface area is 100 Å². The smallest absolute Gasteiger partial charge is 0.107 e. The van der Waals surface area contributed by atoms with Gasteiger partial charge in [0.1, 0.15) is 5.69 Å². The Morgan fingerprint density at radius 2 is 2.00 bits per heavy atom. The van der Waals surface area contributed by atoms with Crippen molar-refractivity contribution in [2.24, 2.45) is 0 Å². The summed E-state index contributed by atoms with van der Waals surface area (Å²) in [6.07, 6.45) is 1.65. The molecule has 88 valence electrons.